The number of morpholine rings is 1. The number of hydrogen-bond donors (Lipinski definition) is 0. The molecule has 2 fully saturated rings. The summed E-state index contributed by atoms with van der Waals surface area (Å²) < 4.78 is 12.5. The second-order valence-corrected chi connectivity index (χ2v) is 6.23. The average molecular weight is 326 g/mol. The van der Waals surface area contributed by atoms with Crippen molar-refractivity contribution in [1.29, 1.82) is 0 Å². The molecule has 0 aromatic heterocycles. The van der Waals surface area contributed by atoms with Crippen molar-refractivity contribution >= 4 is 15.9 Å². The molecule has 3 rings (SSSR count). The molecule has 19 heavy (non-hydrogen) atoms. The normalized spacial score (nSPS) is 20.5. The monoisotopic (exact) mass is 325 g/mol. The van der Waals surface area contributed by atoms with Gasteiger partial charge in [-0.3, -0.25) is 4.90 Å². The Morgan fingerprint density at radius 2 is 2.05 bits per heavy atom. The van der Waals surface area contributed by atoms with E-state index in [0.717, 1.165) is 55.6 Å². The van der Waals surface area contributed by atoms with Gasteiger partial charge in [-0.15, -0.1) is 0 Å². The van der Waals surface area contributed by atoms with E-state index >= 15 is 0 Å². The summed E-state index contributed by atoms with van der Waals surface area (Å²) in [6, 6.07) is 6.32. The van der Waals surface area contributed by atoms with Crippen LogP contribution < -0.4 is 4.74 Å². The van der Waals surface area contributed by atoms with Crippen molar-refractivity contribution in [2.75, 3.05) is 32.9 Å². The molecule has 1 saturated carbocycles. The van der Waals surface area contributed by atoms with Gasteiger partial charge in [0.05, 0.1) is 24.3 Å². The quantitative estimate of drug-likeness (QED) is 0.830. The molecule has 1 aromatic carbocycles. The zero-order valence-electron chi connectivity index (χ0n) is 11.1. The first kappa shape index (κ1) is 13.4. The molecule has 1 aliphatic heterocycles. The van der Waals surface area contributed by atoms with Gasteiger partial charge in [0.2, 0.25) is 0 Å². The number of benzene rings is 1. The van der Waals surface area contributed by atoms with E-state index in [-0.39, 0.29) is 0 Å². The zero-order chi connectivity index (χ0) is 13.1. The zero-order valence-corrected chi connectivity index (χ0v) is 12.7. The molecule has 104 valence electrons. The highest BCUT2D eigenvalue weighted by Gasteiger charge is 2.23. The topological polar surface area (TPSA) is 21.7 Å². The summed E-state index contributed by atoms with van der Waals surface area (Å²) in [5, 5.41) is 0. The molecular weight excluding hydrogens is 306 g/mol. The summed E-state index contributed by atoms with van der Waals surface area (Å²) in [4.78, 5) is 2.43. The van der Waals surface area contributed by atoms with E-state index < -0.39 is 0 Å². The molecule has 0 bridgehead atoms. The van der Waals surface area contributed by atoms with Crippen molar-refractivity contribution in [2.45, 2.75) is 19.4 Å². The highest BCUT2D eigenvalue weighted by atomic mass is 79.9. The lowest BCUT2D eigenvalue weighted by atomic mass is 10.2. The van der Waals surface area contributed by atoms with Gasteiger partial charge in [-0.05, 0) is 40.8 Å². The molecule has 0 amide bonds. The first-order valence-corrected chi connectivity index (χ1v) is 7.82. The van der Waals surface area contributed by atoms with E-state index in [4.69, 9.17) is 9.47 Å². The molecule has 0 unspecified atom stereocenters. The molecule has 2 aliphatic rings. The maximum absolute atomic E-state index is 6.03. The van der Waals surface area contributed by atoms with Crippen molar-refractivity contribution in [3.8, 4) is 5.75 Å². The van der Waals surface area contributed by atoms with Gasteiger partial charge in [0.25, 0.3) is 0 Å². The Morgan fingerprint density at radius 3 is 2.79 bits per heavy atom. The Hall–Kier alpha value is -0.580. The fourth-order valence-electron chi connectivity index (χ4n) is 2.33. The molecule has 0 atom stereocenters. The minimum absolute atomic E-state index is 0.781. The lowest BCUT2D eigenvalue weighted by Crippen LogP contribution is -2.35. The molecule has 0 N–H and O–H groups in total. The fraction of sp³-hybridized carbons (Fsp3) is 0.600. The molecule has 1 aliphatic carbocycles. The van der Waals surface area contributed by atoms with Gasteiger partial charge in [0.15, 0.2) is 0 Å². The third-order valence-electron chi connectivity index (χ3n) is 3.71. The van der Waals surface area contributed by atoms with Crippen LogP contribution in [0.1, 0.15) is 18.4 Å². The van der Waals surface area contributed by atoms with E-state index in [1.165, 1.54) is 18.4 Å². The maximum Gasteiger partial charge on any atom is 0.137 e. The van der Waals surface area contributed by atoms with E-state index in [2.05, 4.69) is 39.0 Å². The lowest BCUT2D eigenvalue weighted by Gasteiger charge is -2.27. The van der Waals surface area contributed by atoms with Crippen LogP contribution in [0.5, 0.6) is 5.75 Å². The smallest absolute Gasteiger partial charge is 0.137 e. The molecule has 4 heteroatoms. The van der Waals surface area contributed by atoms with Crippen molar-refractivity contribution < 1.29 is 9.47 Å². The second-order valence-electron chi connectivity index (χ2n) is 5.37. The first-order chi connectivity index (χ1) is 9.33. The molecule has 1 heterocycles. The van der Waals surface area contributed by atoms with Gasteiger partial charge in [0, 0.05) is 25.2 Å². The van der Waals surface area contributed by atoms with Crippen molar-refractivity contribution in [3.63, 3.8) is 0 Å². The highest BCUT2D eigenvalue weighted by Crippen LogP contribution is 2.34. The Balaban J connectivity index is 1.68. The summed E-state index contributed by atoms with van der Waals surface area (Å²) in [6.45, 7) is 5.50. The standard InChI is InChI=1S/C15H20BrNO2/c16-14-3-1-2-13(10-17-6-8-18-9-7-17)15(14)19-11-12-4-5-12/h1-3,12H,4-11H2. The molecule has 1 saturated heterocycles. The number of hydrogen-bond acceptors (Lipinski definition) is 3. The second kappa shape index (κ2) is 6.25. The van der Waals surface area contributed by atoms with Gasteiger partial charge in [-0.1, -0.05) is 12.1 Å². The van der Waals surface area contributed by atoms with Crippen LogP contribution in [0, 0.1) is 5.92 Å². The third kappa shape index (κ3) is 3.71. The summed E-state index contributed by atoms with van der Waals surface area (Å²) in [7, 11) is 0. The van der Waals surface area contributed by atoms with Crippen molar-refractivity contribution in [1.82, 2.24) is 4.90 Å². The fourth-order valence-corrected chi connectivity index (χ4v) is 2.85. The number of halogens is 1. The Morgan fingerprint density at radius 1 is 1.26 bits per heavy atom. The first-order valence-electron chi connectivity index (χ1n) is 7.03. The summed E-state index contributed by atoms with van der Waals surface area (Å²) >= 11 is 3.61. The predicted octanol–water partition coefficient (Wildman–Crippen LogP) is 3.07. The van der Waals surface area contributed by atoms with Crippen LogP contribution in [-0.2, 0) is 11.3 Å². The van der Waals surface area contributed by atoms with Crippen LogP contribution in [0.4, 0.5) is 0 Å². The molecule has 0 radical (unpaired) electrons. The molecule has 3 nitrogen and oxygen atoms in total. The van der Waals surface area contributed by atoms with Crippen LogP contribution in [-0.4, -0.2) is 37.8 Å². The third-order valence-corrected chi connectivity index (χ3v) is 4.33. The van der Waals surface area contributed by atoms with E-state index in [1.807, 2.05) is 0 Å². The Kier molecular flexibility index (Phi) is 4.41. The van der Waals surface area contributed by atoms with Crippen LogP contribution in [0.15, 0.2) is 22.7 Å². The number of para-hydroxylation sites is 1. The largest absolute Gasteiger partial charge is 0.492 e. The summed E-state index contributed by atoms with van der Waals surface area (Å²) in [6.07, 6.45) is 2.65. The van der Waals surface area contributed by atoms with Crippen LogP contribution in [0.25, 0.3) is 0 Å². The van der Waals surface area contributed by atoms with Gasteiger partial charge in [-0.25, -0.2) is 0 Å². The average Bonchev–Trinajstić information content (AvgIpc) is 3.23. The van der Waals surface area contributed by atoms with E-state index in [1.54, 1.807) is 0 Å². The van der Waals surface area contributed by atoms with E-state index in [0.29, 0.717) is 0 Å². The highest BCUT2D eigenvalue weighted by molar-refractivity contribution is 9.10. The lowest BCUT2D eigenvalue weighted by molar-refractivity contribution is 0.0337. The van der Waals surface area contributed by atoms with Gasteiger partial charge in [-0.2, -0.15) is 0 Å². The SMILES string of the molecule is Brc1cccc(CN2CCOCC2)c1OCC1CC1. The van der Waals surface area contributed by atoms with Crippen molar-refractivity contribution in [3.05, 3.63) is 28.2 Å². The van der Waals surface area contributed by atoms with Crippen LogP contribution >= 0.6 is 15.9 Å². The molecule has 0 spiro atoms. The number of ether oxygens (including phenoxy) is 2. The minimum atomic E-state index is 0.781. The van der Waals surface area contributed by atoms with Crippen LogP contribution in [0.2, 0.25) is 0 Å². The maximum atomic E-state index is 6.03. The van der Waals surface area contributed by atoms with E-state index in [9.17, 15) is 0 Å². The Labute approximate surface area is 123 Å². The number of nitrogens with zero attached hydrogens (tertiary/aromatic N) is 1. The van der Waals surface area contributed by atoms with Gasteiger partial charge >= 0.3 is 0 Å². The molecular formula is C15H20BrNO2. The molecule has 1 aromatic rings. The van der Waals surface area contributed by atoms with Crippen molar-refractivity contribution in [2.24, 2.45) is 5.92 Å². The number of rotatable bonds is 5. The van der Waals surface area contributed by atoms with Gasteiger partial charge in [0.1, 0.15) is 5.75 Å². The van der Waals surface area contributed by atoms with Crippen LogP contribution in [0.3, 0.4) is 0 Å². The Bertz CT molecular complexity index is 428. The minimum Gasteiger partial charge on any atom is -0.492 e. The summed E-state index contributed by atoms with van der Waals surface area (Å²) in [5.74, 6) is 1.81. The van der Waals surface area contributed by atoms with Gasteiger partial charge < -0.3 is 9.47 Å². The predicted molar refractivity (Wildman–Crippen MR) is 78.5 cm³/mol. The summed E-state index contributed by atoms with van der Waals surface area (Å²) in [5.41, 5.74) is 1.27.